The number of fused-ring (bicyclic) bond motifs is 1. The van der Waals surface area contributed by atoms with E-state index in [9.17, 15) is 4.79 Å². The molecule has 0 atom stereocenters. The summed E-state index contributed by atoms with van der Waals surface area (Å²) in [5.74, 6) is -0.0692. The fourth-order valence-corrected chi connectivity index (χ4v) is 3.07. The highest BCUT2D eigenvalue weighted by atomic mass is 16.7. The highest BCUT2D eigenvalue weighted by Crippen LogP contribution is 2.16. The number of imidazole rings is 1. The van der Waals surface area contributed by atoms with Gasteiger partial charge in [0.25, 0.3) is 0 Å². The summed E-state index contributed by atoms with van der Waals surface area (Å²) in [7, 11) is 3.11. The third kappa shape index (κ3) is 4.56. The van der Waals surface area contributed by atoms with Gasteiger partial charge in [-0.05, 0) is 24.1 Å². The number of carbonyl (C=O) groups is 1. The number of ether oxygens (including phenoxy) is 1. The smallest absolute Gasteiger partial charge is 0.250 e. The number of amides is 1. The second-order valence-electron chi connectivity index (χ2n) is 6.32. The Balaban J connectivity index is 1.62. The van der Waals surface area contributed by atoms with Crippen LogP contribution >= 0.6 is 0 Å². The highest BCUT2D eigenvalue weighted by Gasteiger charge is 2.12. The monoisotopic (exact) mass is 346 g/mol. The number of hydrogen-bond acceptors (Lipinski definition) is 5. The number of morpholine rings is 1. The van der Waals surface area contributed by atoms with Gasteiger partial charge in [-0.2, -0.15) is 0 Å². The molecule has 1 saturated heterocycles. The van der Waals surface area contributed by atoms with E-state index in [1.54, 1.807) is 7.05 Å². The van der Waals surface area contributed by atoms with Gasteiger partial charge in [0.15, 0.2) is 0 Å². The molecule has 0 unspecified atom stereocenters. The zero-order chi connectivity index (χ0) is 17.6. The Morgan fingerprint density at radius 1 is 1.32 bits per heavy atom. The van der Waals surface area contributed by atoms with E-state index >= 15 is 0 Å². The Labute approximate surface area is 148 Å². The molecule has 3 rings (SSSR count). The zero-order valence-electron chi connectivity index (χ0n) is 15.0. The lowest BCUT2D eigenvalue weighted by molar-refractivity contribution is -0.167. The molecule has 0 N–H and O–H groups in total. The van der Waals surface area contributed by atoms with E-state index < -0.39 is 0 Å². The topological polar surface area (TPSA) is 59.8 Å². The minimum absolute atomic E-state index is 0.0692. The van der Waals surface area contributed by atoms with Crippen LogP contribution in [-0.4, -0.2) is 72.4 Å². The van der Waals surface area contributed by atoms with Crippen molar-refractivity contribution in [2.24, 2.45) is 0 Å². The molecule has 1 aromatic carbocycles. The SMILES string of the molecule is CON(C)C(=O)Cc1ccc2ncn(CCCN3CCOCC3)c2c1. The lowest BCUT2D eigenvalue weighted by atomic mass is 10.1. The number of aromatic nitrogens is 2. The van der Waals surface area contributed by atoms with Crippen LogP contribution in [0.4, 0.5) is 0 Å². The third-order valence-corrected chi connectivity index (χ3v) is 4.64. The fourth-order valence-electron chi connectivity index (χ4n) is 3.07. The summed E-state index contributed by atoms with van der Waals surface area (Å²) in [6.45, 7) is 5.69. The molecular formula is C18H26N4O3. The van der Waals surface area contributed by atoms with Gasteiger partial charge in [-0.25, -0.2) is 10.0 Å². The molecule has 25 heavy (non-hydrogen) atoms. The van der Waals surface area contributed by atoms with Crippen molar-refractivity contribution >= 4 is 16.9 Å². The van der Waals surface area contributed by atoms with Crippen molar-refractivity contribution in [1.29, 1.82) is 0 Å². The van der Waals surface area contributed by atoms with E-state index in [2.05, 4.69) is 20.5 Å². The number of hydroxylamine groups is 2. The number of nitrogens with zero attached hydrogens (tertiary/aromatic N) is 4. The molecule has 0 radical (unpaired) electrons. The predicted octanol–water partition coefficient (Wildman–Crippen LogP) is 1.32. The van der Waals surface area contributed by atoms with Crippen molar-refractivity contribution in [3.8, 4) is 0 Å². The van der Waals surface area contributed by atoms with Gasteiger partial charge in [-0.1, -0.05) is 6.07 Å². The van der Waals surface area contributed by atoms with Gasteiger partial charge in [-0.15, -0.1) is 0 Å². The first-order chi connectivity index (χ1) is 12.2. The van der Waals surface area contributed by atoms with Gasteiger partial charge < -0.3 is 9.30 Å². The van der Waals surface area contributed by atoms with E-state index in [1.807, 2.05) is 18.5 Å². The maximum absolute atomic E-state index is 12.0. The van der Waals surface area contributed by atoms with Crippen molar-refractivity contribution in [3.63, 3.8) is 0 Å². The number of carbonyl (C=O) groups excluding carboxylic acids is 1. The van der Waals surface area contributed by atoms with Crippen LogP contribution in [0.3, 0.4) is 0 Å². The second kappa shape index (κ2) is 8.42. The molecule has 0 saturated carbocycles. The standard InChI is InChI=1S/C18H26N4O3/c1-20(24-2)18(23)13-15-4-5-16-17(12-15)22(14-19-16)7-3-6-21-8-10-25-11-9-21/h4-5,12,14H,3,6-11,13H2,1-2H3. The van der Waals surface area contributed by atoms with E-state index in [1.165, 1.54) is 12.2 Å². The average molecular weight is 346 g/mol. The summed E-state index contributed by atoms with van der Waals surface area (Å²) < 4.78 is 7.55. The molecule has 0 spiro atoms. The molecule has 1 amide bonds. The van der Waals surface area contributed by atoms with E-state index in [-0.39, 0.29) is 5.91 Å². The second-order valence-corrected chi connectivity index (χ2v) is 6.32. The zero-order valence-corrected chi connectivity index (χ0v) is 15.0. The van der Waals surface area contributed by atoms with Crippen LogP contribution in [0, 0.1) is 0 Å². The molecule has 1 aromatic heterocycles. The first-order valence-corrected chi connectivity index (χ1v) is 8.72. The molecule has 0 bridgehead atoms. The summed E-state index contributed by atoms with van der Waals surface area (Å²) in [5.41, 5.74) is 3.01. The normalized spacial score (nSPS) is 15.6. The molecule has 0 aliphatic carbocycles. The Bertz CT molecular complexity index is 709. The van der Waals surface area contributed by atoms with Crippen molar-refractivity contribution in [2.75, 3.05) is 47.0 Å². The number of benzene rings is 1. The molecule has 136 valence electrons. The van der Waals surface area contributed by atoms with Gasteiger partial charge >= 0.3 is 0 Å². The highest BCUT2D eigenvalue weighted by molar-refractivity contribution is 5.81. The maximum Gasteiger partial charge on any atom is 0.250 e. The largest absolute Gasteiger partial charge is 0.379 e. The quantitative estimate of drug-likeness (QED) is 0.708. The molecule has 2 heterocycles. The Morgan fingerprint density at radius 2 is 2.12 bits per heavy atom. The molecule has 1 aliphatic rings. The van der Waals surface area contributed by atoms with Crippen LogP contribution in [0.15, 0.2) is 24.5 Å². The molecular weight excluding hydrogens is 320 g/mol. The van der Waals surface area contributed by atoms with Crippen molar-refractivity contribution in [2.45, 2.75) is 19.4 Å². The Hall–Kier alpha value is -1.96. The van der Waals surface area contributed by atoms with Crippen molar-refractivity contribution in [3.05, 3.63) is 30.1 Å². The van der Waals surface area contributed by atoms with Crippen LogP contribution in [0.5, 0.6) is 0 Å². The minimum atomic E-state index is -0.0692. The van der Waals surface area contributed by atoms with E-state index in [4.69, 9.17) is 9.57 Å². The third-order valence-electron chi connectivity index (χ3n) is 4.64. The summed E-state index contributed by atoms with van der Waals surface area (Å²) in [6.07, 6.45) is 3.27. The average Bonchev–Trinajstić information content (AvgIpc) is 3.04. The van der Waals surface area contributed by atoms with E-state index in [0.717, 1.165) is 62.4 Å². The molecule has 1 fully saturated rings. The Morgan fingerprint density at radius 3 is 2.88 bits per heavy atom. The molecule has 2 aromatic rings. The Kier molecular flexibility index (Phi) is 6.01. The summed E-state index contributed by atoms with van der Waals surface area (Å²) >= 11 is 0. The predicted molar refractivity (Wildman–Crippen MR) is 95.1 cm³/mol. The summed E-state index contributed by atoms with van der Waals surface area (Å²) in [4.78, 5) is 23.9. The van der Waals surface area contributed by atoms with Crippen molar-refractivity contribution < 1.29 is 14.4 Å². The molecule has 7 nitrogen and oxygen atoms in total. The number of likely N-dealkylation sites (N-methyl/N-ethyl adjacent to an activating group) is 1. The van der Waals surface area contributed by atoms with Crippen LogP contribution in [-0.2, 0) is 27.3 Å². The van der Waals surface area contributed by atoms with Crippen molar-refractivity contribution in [1.82, 2.24) is 19.5 Å². The van der Waals surface area contributed by atoms with Gasteiger partial charge in [-0.3, -0.25) is 14.5 Å². The maximum atomic E-state index is 12.0. The lowest BCUT2D eigenvalue weighted by Crippen LogP contribution is -2.37. The van der Waals surface area contributed by atoms with Crippen LogP contribution in [0.1, 0.15) is 12.0 Å². The van der Waals surface area contributed by atoms with Crippen LogP contribution in [0.2, 0.25) is 0 Å². The lowest BCUT2D eigenvalue weighted by Gasteiger charge is -2.26. The molecule has 1 aliphatic heterocycles. The van der Waals surface area contributed by atoms with Crippen LogP contribution in [0.25, 0.3) is 11.0 Å². The fraction of sp³-hybridized carbons (Fsp3) is 0.556. The van der Waals surface area contributed by atoms with Gasteiger partial charge in [0.1, 0.15) is 0 Å². The van der Waals surface area contributed by atoms with E-state index in [0.29, 0.717) is 6.42 Å². The number of hydrogen-bond donors (Lipinski definition) is 0. The number of aryl methyl sites for hydroxylation is 1. The van der Waals surface area contributed by atoms with Gasteiger partial charge in [0.2, 0.25) is 5.91 Å². The molecule has 7 heteroatoms. The van der Waals surface area contributed by atoms with Crippen LogP contribution < -0.4 is 0 Å². The first kappa shape index (κ1) is 17.8. The van der Waals surface area contributed by atoms with Gasteiger partial charge in [0, 0.05) is 33.2 Å². The number of rotatable bonds is 7. The first-order valence-electron chi connectivity index (χ1n) is 8.72. The van der Waals surface area contributed by atoms with Gasteiger partial charge in [0.05, 0.1) is 44.1 Å². The summed E-state index contributed by atoms with van der Waals surface area (Å²) in [5, 5.41) is 1.25. The summed E-state index contributed by atoms with van der Waals surface area (Å²) in [6, 6.07) is 5.98. The minimum Gasteiger partial charge on any atom is -0.379 e.